The fraction of sp³-hybridized carbons (Fsp3) is 0.0175. The third-order valence-corrected chi connectivity index (χ3v) is 12.5. The predicted octanol–water partition coefficient (Wildman–Crippen LogP) is 15.3. The van der Waals surface area contributed by atoms with Gasteiger partial charge in [-0.3, -0.25) is 0 Å². The summed E-state index contributed by atoms with van der Waals surface area (Å²) in [6.45, 7) is 0. The monoisotopic (exact) mass is 751 g/mol. The minimum absolute atomic E-state index is 0.606. The van der Waals surface area contributed by atoms with E-state index >= 15 is 0 Å². The first-order valence-electron chi connectivity index (χ1n) is 20.3. The molecule has 10 aromatic rings. The van der Waals surface area contributed by atoms with Gasteiger partial charge in [0.1, 0.15) is 11.5 Å². The molecule has 1 aliphatic carbocycles. The first kappa shape index (κ1) is 33.5. The van der Waals surface area contributed by atoms with E-state index in [1.165, 1.54) is 55.6 Å². The number of fused-ring (bicyclic) bond motifs is 13. The van der Waals surface area contributed by atoms with Gasteiger partial charge in [-0.15, -0.1) is 0 Å². The molecule has 2 nitrogen and oxygen atoms in total. The zero-order valence-electron chi connectivity index (χ0n) is 32.2. The van der Waals surface area contributed by atoms with E-state index in [1.54, 1.807) is 0 Å². The van der Waals surface area contributed by atoms with Crippen LogP contribution in [0.25, 0.3) is 54.9 Å². The molecule has 0 unspecified atom stereocenters. The highest BCUT2D eigenvalue weighted by Gasteiger charge is 2.52. The number of anilines is 3. The van der Waals surface area contributed by atoms with Crippen LogP contribution in [0.15, 0.2) is 224 Å². The number of nitrogens with zero attached hydrogens (tertiary/aromatic N) is 1. The molecule has 0 atom stereocenters. The van der Waals surface area contributed by atoms with Crippen LogP contribution in [0, 0.1) is 0 Å². The SMILES string of the molecule is c1ccc(-c2ccc(N(c3ccc4c(c3)-c3ccccc3C43c4ccc5ccccc5c4Oc4c3ccc3ccccc43)c3ccccc3-c3ccccc3)cc2)cc1. The molecule has 2 aliphatic rings. The van der Waals surface area contributed by atoms with Crippen molar-refractivity contribution in [3.8, 4) is 44.9 Å². The number of ether oxygens (including phenoxy) is 1. The summed E-state index contributed by atoms with van der Waals surface area (Å²) in [7, 11) is 0. The lowest BCUT2D eigenvalue weighted by Crippen LogP contribution is -2.32. The van der Waals surface area contributed by atoms with Crippen molar-refractivity contribution in [2.75, 3.05) is 4.90 Å². The van der Waals surface area contributed by atoms with Crippen molar-refractivity contribution in [3.63, 3.8) is 0 Å². The van der Waals surface area contributed by atoms with E-state index in [4.69, 9.17) is 4.74 Å². The van der Waals surface area contributed by atoms with Crippen LogP contribution in [-0.2, 0) is 5.41 Å². The van der Waals surface area contributed by atoms with Gasteiger partial charge in [0.05, 0.1) is 11.1 Å². The number of para-hydroxylation sites is 1. The minimum atomic E-state index is -0.606. The fourth-order valence-electron chi connectivity index (χ4n) is 9.93. The van der Waals surface area contributed by atoms with Gasteiger partial charge in [0, 0.05) is 38.8 Å². The van der Waals surface area contributed by atoms with Gasteiger partial charge >= 0.3 is 0 Å². The zero-order chi connectivity index (χ0) is 38.9. The van der Waals surface area contributed by atoms with Crippen LogP contribution < -0.4 is 9.64 Å². The average Bonchev–Trinajstić information content (AvgIpc) is 3.60. The number of hydrogen-bond donors (Lipinski definition) is 0. The zero-order valence-corrected chi connectivity index (χ0v) is 32.2. The molecule has 0 radical (unpaired) electrons. The standard InChI is InChI=1S/C57H37NO/c1-3-15-38(16-4-1)39-27-31-43(32-28-39)58(54-26-14-12-21-45(54)40-17-5-2-6-18-40)44-33-36-51-49(37-44)48-24-11-13-25-50(48)57(51)52-34-29-41-19-7-9-22-46(41)55(52)59-56-47-23-10-8-20-42(47)30-35-53(56)57/h1-37H. The molecule has 1 spiro atoms. The third kappa shape index (κ3) is 5.00. The predicted molar refractivity (Wildman–Crippen MR) is 244 cm³/mol. The van der Waals surface area contributed by atoms with Gasteiger partial charge in [-0.1, -0.05) is 194 Å². The molecule has 276 valence electrons. The molecule has 0 saturated carbocycles. The molecular formula is C57H37NO. The topological polar surface area (TPSA) is 12.5 Å². The molecule has 0 fully saturated rings. The molecule has 10 aromatic carbocycles. The molecule has 0 bridgehead atoms. The summed E-state index contributed by atoms with van der Waals surface area (Å²) in [5, 5.41) is 4.57. The normalized spacial score (nSPS) is 13.0. The van der Waals surface area contributed by atoms with Crippen molar-refractivity contribution in [3.05, 3.63) is 247 Å². The van der Waals surface area contributed by atoms with Gasteiger partial charge < -0.3 is 9.64 Å². The van der Waals surface area contributed by atoms with Crippen molar-refractivity contribution < 1.29 is 4.74 Å². The van der Waals surface area contributed by atoms with E-state index in [0.29, 0.717) is 0 Å². The van der Waals surface area contributed by atoms with Crippen LogP contribution in [0.2, 0.25) is 0 Å². The molecule has 1 aliphatic heterocycles. The summed E-state index contributed by atoms with van der Waals surface area (Å²) in [4.78, 5) is 2.43. The van der Waals surface area contributed by atoms with Gasteiger partial charge in [0.15, 0.2) is 0 Å². The Labute approximate surface area is 343 Å². The van der Waals surface area contributed by atoms with Gasteiger partial charge in [-0.25, -0.2) is 0 Å². The van der Waals surface area contributed by atoms with Crippen LogP contribution >= 0.6 is 0 Å². The number of benzene rings is 10. The fourth-order valence-corrected chi connectivity index (χ4v) is 9.93. The van der Waals surface area contributed by atoms with Crippen molar-refractivity contribution in [2.45, 2.75) is 5.41 Å². The van der Waals surface area contributed by atoms with E-state index < -0.39 is 5.41 Å². The van der Waals surface area contributed by atoms with E-state index in [0.717, 1.165) is 50.1 Å². The van der Waals surface area contributed by atoms with Crippen molar-refractivity contribution in [1.82, 2.24) is 0 Å². The van der Waals surface area contributed by atoms with Gasteiger partial charge in [-0.2, -0.15) is 0 Å². The van der Waals surface area contributed by atoms with Crippen LogP contribution in [0.5, 0.6) is 11.5 Å². The van der Waals surface area contributed by atoms with E-state index in [1.807, 2.05) is 0 Å². The van der Waals surface area contributed by atoms with E-state index in [9.17, 15) is 0 Å². The molecule has 12 rings (SSSR count). The minimum Gasteiger partial charge on any atom is -0.455 e. The highest BCUT2D eigenvalue weighted by Crippen LogP contribution is 2.64. The first-order valence-corrected chi connectivity index (χ1v) is 20.3. The second kappa shape index (κ2) is 13.2. The van der Waals surface area contributed by atoms with E-state index in [2.05, 4.69) is 229 Å². The second-order valence-electron chi connectivity index (χ2n) is 15.6. The van der Waals surface area contributed by atoms with Crippen LogP contribution in [-0.4, -0.2) is 0 Å². The molecule has 0 N–H and O–H groups in total. The molecule has 0 amide bonds. The van der Waals surface area contributed by atoms with Crippen LogP contribution in [0.4, 0.5) is 17.1 Å². The van der Waals surface area contributed by atoms with Gasteiger partial charge in [0.2, 0.25) is 0 Å². The number of hydrogen-bond acceptors (Lipinski definition) is 2. The van der Waals surface area contributed by atoms with Gasteiger partial charge in [0.25, 0.3) is 0 Å². The summed E-state index contributed by atoms with van der Waals surface area (Å²) in [5.41, 5.74) is 14.8. The highest BCUT2D eigenvalue weighted by molar-refractivity contribution is 6.01. The van der Waals surface area contributed by atoms with Crippen molar-refractivity contribution >= 4 is 38.6 Å². The molecule has 1 heterocycles. The third-order valence-electron chi connectivity index (χ3n) is 12.5. The second-order valence-corrected chi connectivity index (χ2v) is 15.6. The Morgan fingerprint density at radius 2 is 0.814 bits per heavy atom. The van der Waals surface area contributed by atoms with E-state index in [-0.39, 0.29) is 0 Å². The Morgan fingerprint density at radius 3 is 1.49 bits per heavy atom. The Kier molecular flexibility index (Phi) is 7.48. The van der Waals surface area contributed by atoms with Gasteiger partial charge in [-0.05, 0) is 80.0 Å². The van der Waals surface area contributed by atoms with Crippen molar-refractivity contribution in [2.24, 2.45) is 0 Å². The van der Waals surface area contributed by atoms with Crippen LogP contribution in [0.1, 0.15) is 22.3 Å². The maximum Gasteiger partial charge on any atom is 0.140 e. The molecular weight excluding hydrogens is 715 g/mol. The summed E-state index contributed by atoms with van der Waals surface area (Å²) in [5.74, 6) is 1.85. The number of rotatable bonds is 5. The maximum absolute atomic E-state index is 7.19. The highest BCUT2D eigenvalue weighted by atomic mass is 16.5. The summed E-state index contributed by atoms with van der Waals surface area (Å²) >= 11 is 0. The molecule has 2 heteroatoms. The Bertz CT molecular complexity index is 3160. The lowest BCUT2D eigenvalue weighted by molar-refractivity contribution is 0.447. The lowest BCUT2D eigenvalue weighted by atomic mass is 9.65. The Hall–Kier alpha value is -7.68. The average molecular weight is 752 g/mol. The molecule has 0 aromatic heterocycles. The first-order chi connectivity index (χ1) is 29.3. The summed E-state index contributed by atoms with van der Waals surface area (Å²) in [6, 6.07) is 81.6. The van der Waals surface area contributed by atoms with Crippen LogP contribution in [0.3, 0.4) is 0 Å². The Morgan fingerprint density at radius 1 is 0.322 bits per heavy atom. The Balaban J connectivity index is 1.13. The smallest absolute Gasteiger partial charge is 0.140 e. The molecule has 59 heavy (non-hydrogen) atoms. The quantitative estimate of drug-likeness (QED) is 0.174. The lowest BCUT2D eigenvalue weighted by Gasteiger charge is -2.40. The summed E-state index contributed by atoms with van der Waals surface area (Å²) in [6.07, 6.45) is 0. The maximum atomic E-state index is 7.19. The largest absolute Gasteiger partial charge is 0.455 e. The molecule has 0 saturated heterocycles. The summed E-state index contributed by atoms with van der Waals surface area (Å²) < 4.78 is 7.19. The van der Waals surface area contributed by atoms with Crippen molar-refractivity contribution in [1.29, 1.82) is 0 Å².